The van der Waals surface area contributed by atoms with Gasteiger partial charge in [0.25, 0.3) is 0 Å². The highest BCUT2D eigenvalue weighted by molar-refractivity contribution is 7.80. The maximum atomic E-state index is 5.85. The molecule has 21 heavy (non-hydrogen) atoms. The molecule has 116 valence electrons. The van der Waals surface area contributed by atoms with Crippen LogP contribution in [0.3, 0.4) is 0 Å². The summed E-state index contributed by atoms with van der Waals surface area (Å²) in [6.07, 6.45) is 1.49. The van der Waals surface area contributed by atoms with Crippen molar-refractivity contribution in [3.8, 4) is 5.75 Å². The summed E-state index contributed by atoms with van der Waals surface area (Å²) in [7, 11) is 1.79. The van der Waals surface area contributed by atoms with Gasteiger partial charge in [0.05, 0.1) is 11.7 Å². The van der Waals surface area contributed by atoms with E-state index < -0.39 is 0 Å². The van der Waals surface area contributed by atoms with E-state index in [4.69, 9.17) is 27.4 Å². The highest BCUT2D eigenvalue weighted by atomic mass is 32.1. The molecule has 5 heteroatoms. The number of piperidine rings is 1. The molecule has 1 heterocycles. The predicted octanol–water partition coefficient (Wildman–Crippen LogP) is 2.06. The maximum Gasteiger partial charge on any atom is 0.129 e. The topological polar surface area (TPSA) is 47.7 Å². The second-order valence-corrected chi connectivity index (χ2v) is 5.99. The van der Waals surface area contributed by atoms with Crippen molar-refractivity contribution in [3.05, 3.63) is 29.8 Å². The van der Waals surface area contributed by atoms with Crippen LogP contribution in [0.5, 0.6) is 5.75 Å². The molecule has 0 radical (unpaired) electrons. The molecule has 2 rings (SSSR count). The minimum atomic E-state index is 0.322. The van der Waals surface area contributed by atoms with Crippen LogP contribution in [0.25, 0.3) is 0 Å². The number of thiocarbonyl (C=S) groups is 1. The van der Waals surface area contributed by atoms with Crippen LogP contribution in [0.4, 0.5) is 0 Å². The van der Waals surface area contributed by atoms with Crippen molar-refractivity contribution in [3.63, 3.8) is 0 Å². The summed E-state index contributed by atoms with van der Waals surface area (Å²) in [6.45, 7) is 5.84. The molecule has 0 saturated carbocycles. The Morgan fingerprint density at radius 1 is 1.43 bits per heavy atom. The average molecular weight is 308 g/mol. The third-order valence-electron chi connectivity index (χ3n) is 4.09. The second-order valence-electron chi connectivity index (χ2n) is 5.55. The summed E-state index contributed by atoms with van der Waals surface area (Å²) in [5.74, 6) is 1.39. The standard InChI is InChI=1S/C16H24N2O2S/c1-12-7-8-18(11-15(12)19-2)9-10-20-14-6-4-3-5-13(14)16(17)21/h3-6,12,15H,7-11H2,1-2H3,(H2,17,21). The highest BCUT2D eigenvalue weighted by Gasteiger charge is 2.25. The molecule has 4 nitrogen and oxygen atoms in total. The van der Waals surface area contributed by atoms with Gasteiger partial charge >= 0.3 is 0 Å². The summed E-state index contributed by atoms with van der Waals surface area (Å²) < 4.78 is 11.4. The smallest absolute Gasteiger partial charge is 0.129 e. The maximum absolute atomic E-state index is 5.85. The Morgan fingerprint density at radius 2 is 2.19 bits per heavy atom. The number of hydrogen-bond donors (Lipinski definition) is 1. The molecular formula is C16H24N2O2S. The number of likely N-dealkylation sites (tertiary alicyclic amines) is 1. The SMILES string of the molecule is COC1CN(CCOc2ccccc2C(N)=S)CCC1C. The minimum Gasteiger partial charge on any atom is -0.492 e. The lowest BCUT2D eigenvalue weighted by Gasteiger charge is -2.36. The van der Waals surface area contributed by atoms with Crippen LogP contribution in [0.2, 0.25) is 0 Å². The minimum absolute atomic E-state index is 0.322. The van der Waals surface area contributed by atoms with E-state index in [9.17, 15) is 0 Å². The van der Waals surface area contributed by atoms with Crippen molar-refractivity contribution in [2.75, 3.05) is 33.4 Å². The molecule has 1 aromatic carbocycles. The molecule has 0 amide bonds. The summed E-state index contributed by atoms with van der Waals surface area (Å²) in [4.78, 5) is 2.76. The average Bonchev–Trinajstić information content (AvgIpc) is 2.49. The fourth-order valence-electron chi connectivity index (χ4n) is 2.69. The first-order valence-corrected chi connectivity index (χ1v) is 7.79. The van der Waals surface area contributed by atoms with E-state index in [1.807, 2.05) is 24.3 Å². The Hall–Kier alpha value is -1.17. The van der Waals surface area contributed by atoms with Crippen molar-refractivity contribution >= 4 is 17.2 Å². The lowest BCUT2D eigenvalue weighted by molar-refractivity contribution is -0.00788. The van der Waals surface area contributed by atoms with Gasteiger partial charge in [0.2, 0.25) is 0 Å². The van der Waals surface area contributed by atoms with Crippen molar-refractivity contribution in [1.82, 2.24) is 4.90 Å². The van der Waals surface area contributed by atoms with Gasteiger partial charge < -0.3 is 15.2 Å². The molecule has 2 unspecified atom stereocenters. The van der Waals surface area contributed by atoms with Gasteiger partial charge in [0.1, 0.15) is 17.3 Å². The first-order chi connectivity index (χ1) is 10.1. The van der Waals surface area contributed by atoms with Crippen LogP contribution in [-0.2, 0) is 4.74 Å². The zero-order valence-electron chi connectivity index (χ0n) is 12.7. The monoisotopic (exact) mass is 308 g/mol. The number of para-hydroxylation sites is 1. The number of rotatable bonds is 6. The molecule has 0 aliphatic carbocycles. The van der Waals surface area contributed by atoms with E-state index in [0.29, 0.717) is 23.6 Å². The van der Waals surface area contributed by atoms with E-state index in [-0.39, 0.29) is 0 Å². The molecule has 1 fully saturated rings. The van der Waals surface area contributed by atoms with Crippen LogP contribution < -0.4 is 10.5 Å². The van der Waals surface area contributed by atoms with Gasteiger partial charge in [-0.25, -0.2) is 0 Å². The van der Waals surface area contributed by atoms with Crippen LogP contribution in [-0.4, -0.2) is 49.3 Å². The molecule has 0 spiro atoms. The quantitative estimate of drug-likeness (QED) is 0.815. The van der Waals surface area contributed by atoms with Gasteiger partial charge in [-0.05, 0) is 31.0 Å². The number of hydrogen-bond acceptors (Lipinski definition) is 4. The molecule has 0 aromatic heterocycles. The third kappa shape index (κ3) is 4.40. The number of methoxy groups -OCH3 is 1. The van der Waals surface area contributed by atoms with Crippen molar-refractivity contribution in [2.24, 2.45) is 11.7 Å². The zero-order valence-corrected chi connectivity index (χ0v) is 13.6. The molecular weight excluding hydrogens is 284 g/mol. The van der Waals surface area contributed by atoms with E-state index in [1.54, 1.807) is 7.11 Å². The Morgan fingerprint density at radius 3 is 2.90 bits per heavy atom. The van der Waals surface area contributed by atoms with E-state index in [2.05, 4.69) is 11.8 Å². The fraction of sp³-hybridized carbons (Fsp3) is 0.562. The van der Waals surface area contributed by atoms with E-state index >= 15 is 0 Å². The van der Waals surface area contributed by atoms with Gasteiger partial charge in [0, 0.05) is 20.2 Å². The largest absolute Gasteiger partial charge is 0.492 e. The Labute approximate surface area is 132 Å². The van der Waals surface area contributed by atoms with Gasteiger partial charge in [-0.3, -0.25) is 4.90 Å². The van der Waals surface area contributed by atoms with E-state index in [0.717, 1.165) is 30.9 Å². The van der Waals surface area contributed by atoms with Gasteiger partial charge in [-0.15, -0.1) is 0 Å². The normalized spacial score (nSPS) is 23.0. The second kappa shape index (κ2) is 7.73. The van der Waals surface area contributed by atoms with Crippen LogP contribution >= 0.6 is 12.2 Å². The molecule has 2 atom stereocenters. The molecule has 1 aromatic rings. The Kier molecular flexibility index (Phi) is 5.96. The van der Waals surface area contributed by atoms with Gasteiger partial charge in [-0.1, -0.05) is 31.3 Å². The highest BCUT2D eigenvalue weighted by Crippen LogP contribution is 2.20. The molecule has 0 bridgehead atoms. The van der Waals surface area contributed by atoms with Crippen molar-refractivity contribution in [1.29, 1.82) is 0 Å². The number of ether oxygens (including phenoxy) is 2. The Balaban J connectivity index is 1.83. The number of benzene rings is 1. The number of nitrogens with two attached hydrogens (primary N) is 1. The predicted molar refractivity (Wildman–Crippen MR) is 88.8 cm³/mol. The van der Waals surface area contributed by atoms with Crippen LogP contribution in [0, 0.1) is 5.92 Å². The summed E-state index contributed by atoms with van der Waals surface area (Å²) in [5.41, 5.74) is 6.51. The molecule has 1 aliphatic heterocycles. The first-order valence-electron chi connectivity index (χ1n) is 7.38. The van der Waals surface area contributed by atoms with Gasteiger partial charge in [0.15, 0.2) is 0 Å². The Bertz CT molecular complexity index is 481. The van der Waals surface area contributed by atoms with Crippen molar-refractivity contribution in [2.45, 2.75) is 19.4 Å². The molecule has 2 N–H and O–H groups in total. The first kappa shape index (κ1) is 16.2. The fourth-order valence-corrected chi connectivity index (χ4v) is 2.86. The molecule has 1 saturated heterocycles. The van der Waals surface area contributed by atoms with Crippen LogP contribution in [0.1, 0.15) is 18.9 Å². The van der Waals surface area contributed by atoms with E-state index in [1.165, 1.54) is 6.42 Å². The molecule has 1 aliphatic rings. The summed E-state index contributed by atoms with van der Waals surface area (Å²) in [6, 6.07) is 7.64. The van der Waals surface area contributed by atoms with Gasteiger partial charge in [-0.2, -0.15) is 0 Å². The van der Waals surface area contributed by atoms with Crippen molar-refractivity contribution < 1.29 is 9.47 Å². The lowest BCUT2D eigenvalue weighted by atomic mass is 9.96. The number of nitrogens with zero attached hydrogens (tertiary/aromatic N) is 1. The lowest BCUT2D eigenvalue weighted by Crippen LogP contribution is -2.45. The van der Waals surface area contributed by atoms with Crippen LogP contribution in [0.15, 0.2) is 24.3 Å². The zero-order chi connectivity index (χ0) is 15.2. The summed E-state index contributed by atoms with van der Waals surface area (Å²) in [5, 5.41) is 0. The third-order valence-corrected chi connectivity index (χ3v) is 4.31. The summed E-state index contributed by atoms with van der Waals surface area (Å²) >= 11 is 5.04.